The van der Waals surface area contributed by atoms with E-state index in [0.717, 1.165) is 102 Å². The van der Waals surface area contributed by atoms with Crippen LogP contribution in [0.1, 0.15) is 472 Å². The Morgan fingerprint density at radius 3 is 0.710 bits per heavy atom. The molecule has 6 atom stereocenters. The molecule has 0 aliphatic rings. The van der Waals surface area contributed by atoms with Crippen LogP contribution in [0.3, 0.4) is 0 Å². The summed E-state index contributed by atoms with van der Waals surface area (Å²) in [6.07, 6.45) is 72.0. The van der Waals surface area contributed by atoms with E-state index in [-0.39, 0.29) is 25.7 Å². The predicted molar refractivity (Wildman–Crippen MR) is 442 cm³/mol. The Kier molecular flexibility index (Phi) is 77.9. The molecule has 0 spiro atoms. The molecule has 636 valence electrons. The van der Waals surface area contributed by atoms with E-state index in [1.807, 2.05) is 0 Å². The molecule has 19 heteroatoms. The van der Waals surface area contributed by atoms with Gasteiger partial charge in [0.1, 0.15) is 19.3 Å². The number of phosphoric ester groups is 2. The highest BCUT2D eigenvalue weighted by molar-refractivity contribution is 7.47. The van der Waals surface area contributed by atoms with Crippen molar-refractivity contribution >= 4 is 39.5 Å². The lowest BCUT2D eigenvalue weighted by Gasteiger charge is -2.21. The second kappa shape index (κ2) is 79.3. The average molecular weight is 1560 g/mol. The Morgan fingerprint density at radius 1 is 0.271 bits per heavy atom. The van der Waals surface area contributed by atoms with E-state index in [4.69, 9.17) is 37.0 Å². The highest BCUT2D eigenvalue weighted by atomic mass is 31.2. The Morgan fingerprint density at radius 2 is 0.477 bits per heavy atom. The maximum absolute atomic E-state index is 13.2. The molecule has 17 nitrogen and oxygen atoms in total. The standard InChI is InChI=1S/C88H172O17P2/c1-7-10-12-14-16-18-20-22-23-24-25-26-27-36-42-48-54-60-66-72-87(92)104-84(77-99-86(91)71-65-59-53-47-41-35-31-29-34-39-45-51-57-63-69-81(6)9-3)79-103-107(96,97)101-75-82(89)74-100-106(94,95)102-78-83(76-98-85(90)70-64-58-52-46-40-32-21-19-17-15-13-11-8-2)105-88(93)73-67-61-55-49-43-37-30-28-33-38-44-50-56-62-68-80(4)5/h80-84,89H,7-79H2,1-6H3,(H,94,95)(H,96,97)/t81?,82-,83+,84+/m0/s1. The van der Waals surface area contributed by atoms with E-state index >= 15 is 0 Å². The Bertz CT molecular complexity index is 2050. The molecule has 0 rings (SSSR count). The summed E-state index contributed by atoms with van der Waals surface area (Å²) in [4.78, 5) is 73.4. The zero-order valence-electron chi connectivity index (χ0n) is 70.5. The van der Waals surface area contributed by atoms with Gasteiger partial charge < -0.3 is 33.8 Å². The zero-order valence-corrected chi connectivity index (χ0v) is 72.2. The molecule has 3 unspecified atom stereocenters. The van der Waals surface area contributed by atoms with E-state index < -0.39 is 97.5 Å². The van der Waals surface area contributed by atoms with E-state index in [1.54, 1.807) is 0 Å². The molecular formula is C88H172O17P2. The number of aliphatic hydroxyl groups excluding tert-OH is 1. The van der Waals surface area contributed by atoms with Crippen molar-refractivity contribution in [1.82, 2.24) is 0 Å². The van der Waals surface area contributed by atoms with Crippen LogP contribution in [0, 0.1) is 11.8 Å². The van der Waals surface area contributed by atoms with Gasteiger partial charge in [0.25, 0.3) is 0 Å². The second-order valence-electron chi connectivity index (χ2n) is 32.4. The number of hydrogen-bond acceptors (Lipinski definition) is 15. The number of carbonyl (C=O) groups excluding carboxylic acids is 4. The first kappa shape index (κ1) is 105. The molecule has 0 aliphatic heterocycles. The summed E-state index contributed by atoms with van der Waals surface area (Å²) in [7, 11) is -9.93. The summed E-state index contributed by atoms with van der Waals surface area (Å²) in [6.45, 7) is 9.77. The van der Waals surface area contributed by atoms with Gasteiger partial charge in [-0.05, 0) is 37.5 Å². The molecule has 0 heterocycles. The first-order valence-corrected chi connectivity index (χ1v) is 48.5. The summed E-state index contributed by atoms with van der Waals surface area (Å²) in [5.74, 6) is -0.451. The third-order valence-electron chi connectivity index (χ3n) is 21.1. The van der Waals surface area contributed by atoms with E-state index in [1.165, 1.54) is 289 Å². The van der Waals surface area contributed by atoms with Crippen LogP contribution >= 0.6 is 15.6 Å². The zero-order chi connectivity index (χ0) is 78.5. The summed E-state index contributed by atoms with van der Waals surface area (Å²) in [5, 5.41) is 10.7. The average Bonchev–Trinajstić information content (AvgIpc) is 0.898. The van der Waals surface area contributed by atoms with E-state index in [2.05, 4.69) is 41.5 Å². The molecule has 0 fully saturated rings. The van der Waals surface area contributed by atoms with Gasteiger partial charge in [0.15, 0.2) is 12.2 Å². The molecule has 0 bridgehead atoms. The summed E-state index contributed by atoms with van der Waals surface area (Å²) < 4.78 is 69.0. The van der Waals surface area contributed by atoms with E-state index in [0.29, 0.717) is 25.7 Å². The van der Waals surface area contributed by atoms with Crippen LogP contribution in [0.2, 0.25) is 0 Å². The van der Waals surface area contributed by atoms with Crippen molar-refractivity contribution in [3.63, 3.8) is 0 Å². The lowest BCUT2D eigenvalue weighted by Crippen LogP contribution is -2.30. The third-order valence-corrected chi connectivity index (χ3v) is 23.0. The van der Waals surface area contributed by atoms with Crippen LogP contribution in [0.4, 0.5) is 0 Å². The van der Waals surface area contributed by atoms with Gasteiger partial charge in [-0.3, -0.25) is 37.3 Å². The highest BCUT2D eigenvalue weighted by Crippen LogP contribution is 2.45. The first-order valence-electron chi connectivity index (χ1n) is 45.5. The van der Waals surface area contributed by atoms with Crippen LogP contribution in [0.15, 0.2) is 0 Å². The number of ether oxygens (including phenoxy) is 4. The number of aliphatic hydroxyl groups is 1. The number of unbranched alkanes of at least 4 members (excludes halogenated alkanes) is 56. The molecule has 0 saturated carbocycles. The van der Waals surface area contributed by atoms with Gasteiger partial charge in [0.2, 0.25) is 0 Å². The maximum atomic E-state index is 13.2. The van der Waals surface area contributed by atoms with Gasteiger partial charge in [-0.2, -0.15) is 0 Å². The molecule has 0 aromatic heterocycles. The fraction of sp³-hybridized carbons (Fsp3) is 0.955. The van der Waals surface area contributed by atoms with Gasteiger partial charge in [-0.1, -0.05) is 420 Å². The lowest BCUT2D eigenvalue weighted by atomic mass is 9.99. The summed E-state index contributed by atoms with van der Waals surface area (Å²) >= 11 is 0. The molecule has 0 amide bonds. The molecule has 3 N–H and O–H groups in total. The third kappa shape index (κ3) is 80.5. The molecule has 0 aromatic carbocycles. The number of phosphoric acid groups is 2. The fourth-order valence-corrected chi connectivity index (χ4v) is 15.3. The van der Waals surface area contributed by atoms with Crippen molar-refractivity contribution < 1.29 is 80.2 Å². The lowest BCUT2D eigenvalue weighted by molar-refractivity contribution is -0.161. The second-order valence-corrected chi connectivity index (χ2v) is 35.3. The Labute approximate surface area is 658 Å². The number of rotatable bonds is 87. The van der Waals surface area contributed by atoms with Gasteiger partial charge in [-0.25, -0.2) is 9.13 Å². The minimum atomic E-state index is -4.97. The monoisotopic (exact) mass is 1560 g/mol. The van der Waals surface area contributed by atoms with Crippen molar-refractivity contribution in [3.05, 3.63) is 0 Å². The highest BCUT2D eigenvalue weighted by Gasteiger charge is 2.31. The Hall–Kier alpha value is -1.94. The predicted octanol–water partition coefficient (Wildman–Crippen LogP) is 27.0. The first-order chi connectivity index (χ1) is 51.9. The minimum absolute atomic E-state index is 0.108. The van der Waals surface area contributed by atoms with Crippen LogP contribution in [-0.4, -0.2) is 96.7 Å². The van der Waals surface area contributed by atoms with Crippen molar-refractivity contribution in [2.45, 2.75) is 490 Å². The minimum Gasteiger partial charge on any atom is -0.462 e. The topological polar surface area (TPSA) is 237 Å². The van der Waals surface area contributed by atoms with Crippen molar-refractivity contribution in [1.29, 1.82) is 0 Å². The number of hydrogen-bond donors (Lipinski definition) is 3. The summed E-state index contributed by atoms with van der Waals surface area (Å²) in [6, 6.07) is 0. The number of esters is 4. The molecule has 0 radical (unpaired) electrons. The van der Waals surface area contributed by atoms with Crippen molar-refractivity contribution in [2.24, 2.45) is 11.8 Å². The maximum Gasteiger partial charge on any atom is 0.472 e. The van der Waals surface area contributed by atoms with E-state index in [9.17, 15) is 43.2 Å². The molecule has 0 saturated heterocycles. The molecule has 0 aliphatic carbocycles. The fourth-order valence-electron chi connectivity index (χ4n) is 13.7. The van der Waals surface area contributed by atoms with Crippen LogP contribution in [-0.2, 0) is 65.4 Å². The van der Waals surface area contributed by atoms with Gasteiger partial charge >= 0.3 is 39.5 Å². The number of carbonyl (C=O) groups is 4. The van der Waals surface area contributed by atoms with Crippen molar-refractivity contribution in [2.75, 3.05) is 39.6 Å². The smallest absolute Gasteiger partial charge is 0.462 e. The van der Waals surface area contributed by atoms with Gasteiger partial charge in [-0.15, -0.1) is 0 Å². The van der Waals surface area contributed by atoms with Gasteiger partial charge in [0, 0.05) is 25.7 Å². The quantitative estimate of drug-likeness (QED) is 0.0222. The molecular weight excluding hydrogens is 1390 g/mol. The largest absolute Gasteiger partial charge is 0.472 e. The Balaban J connectivity index is 5.27. The summed E-state index contributed by atoms with van der Waals surface area (Å²) in [5.41, 5.74) is 0. The normalized spacial score (nSPS) is 14.0. The SMILES string of the molecule is CCCCCCCCCCCCCCCCCCCCCC(=O)O[C@H](COC(=O)CCCCCCCCCCCCCCCCC(C)CC)COP(=O)(O)OC[C@@H](O)COP(=O)(O)OC[C@@H](COC(=O)CCCCCCCCCCCCCCC)OC(=O)CCCCCCCCCCCCCCCCC(C)C. The molecule has 107 heavy (non-hydrogen) atoms. The van der Waals surface area contributed by atoms with Crippen molar-refractivity contribution in [3.8, 4) is 0 Å². The van der Waals surface area contributed by atoms with Crippen LogP contribution < -0.4 is 0 Å². The van der Waals surface area contributed by atoms with Crippen LogP contribution in [0.5, 0.6) is 0 Å². The van der Waals surface area contributed by atoms with Gasteiger partial charge in [0.05, 0.1) is 26.4 Å². The van der Waals surface area contributed by atoms with Crippen LogP contribution in [0.25, 0.3) is 0 Å². The molecule has 0 aromatic rings.